The molecule has 1 N–H and O–H groups in total. The summed E-state index contributed by atoms with van der Waals surface area (Å²) in [5, 5.41) is 9.58. The molecule has 0 radical (unpaired) electrons. The van der Waals surface area contributed by atoms with Gasteiger partial charge < -0.3 is 9.84 Å². The molecular formula is C14H10BrClF2O2. The van der Waals surface area contributed by atoms with Gasteiger partial charge in [0.2, 0.25) is 0 Å². The lowest BCUT2D eigenvalue weighted by Gasteiger charge is -2.14. The minimum atomic E-state index is -0.920. The second-order valence-corrected chi connectivity index (χ2v) is 5.42. The number of benzene rings is 2. The van der Waals surface area contributed by atoms with Crippen molar-refractivity contribution >= 4 is 27.5 Å². The second-order valence-electron chi connectivity index (χ2n) is 4.16. The molecule has 0 bridgehead atoms. The van der Waals surface area contributed by atoms with Gasteiger partial charge in [-0.05, 0) is 47.1 Å². The monoisotopic (exact) mass is 362 g/mol. The van der Waals surface area contributed by atoms with Crippen molar-refractivity contribution in [3.05, 3.63) is 57.0 Å². The minimum absolute atomic E-state index is 0.0425. The van der Waals surface area contributed by atoms with Gasteiger partial charge in [0.1, 0.15) is 23.1 Å². The van der Waals surface area contributed by atoms with Gasteiger partial charge in [-0.2, -0.15) is 0 Å². The van der Waals surface area contributed by atoms with Crippen LogP contribution in [0.25, 0.3) is 0 Å². The van der Waals surface area contributed by atoms with Crippen LogP contribution in [0.5, 0.6) is 11.5 Å². The molecular weight excluding hydrogens is 354 g/mol. The number of hydrogen-bond acceptors (Lipinski definition) is 2. The minimum Gasteiger partial charge on any atom is -0.456 e. The molecule has 20 heavy (non-hydrogen) atoms. The summed E-state index contributed by atoms with van der Waals surface area (Å²) in [5.41, 5.74) is 0.271. The van der Waals surface area contributed by atoms with Gasteiger partial charge >= 0.3 is 0 Å². The van der Waals surface area contributed by atoms with E-state index in [4.69, 9.17) is 16.3 Å². The van der Waals surface area contributed by atoms with Crippen LogP contribution in [0.3, 0.4) is 0 Å². The SMILES string of the molecule is C[C@H](O)c1cc(F)ccc1Oc1cc(F)c(Cl)cc1Br. The lowest BCUT2D eigenvalue weighted by molar-refractivity contribution is 0.195. The molecule has 106 valence electrons. The fourth-order valence-electron chi connectivity index (χ4n) is 1.64. The zero-order valence-electron chi connectivity index (χ0n) is 10.3. The number of halogens is 4. The summed E-state index contributed by atoms with van der Waals surface area (Å²) in [7, 11) is 0. The standard InChI is InChI=1S/C14H10BrClF2O2/c1-7(19)9-4-8(17)2-3-13(9)20-14-6-12(18)11(16)5-10(14)15/h2-7,19H,1H3/t7-/m0/s1. The molecule has 2 rings (SSSR count). The molecule has 0 fully saturated rings. The fraction of sp³-hybridized carbons (Fsp3) is 0.143. The Hall–Kier alpha value is -1.17. The summed E-state index contributed by atoms with van der Waals surface area (Å²) in [6.07, 6.45) is -0.920. The lowest BCUT2D eigenvalue weighted by Crippen LogP contribution is -1.98. The quantitative estimate of drug-likeness (QED) is 0.757. The van der Waals surface area contributed by atoms with Crippen LogP contribution in [0.2, 0.25) is 5.02 Å². The Morgan fingerprint density at radius 2 is 1.90 bits per heavy atom. The number of hydrogen-bond donors (Lipinski definition) is 1. The number of aliphatic hydroxyl groups is 1. The van der Waals surface area contributed by atoms with Gasteiger partial charge in [-0.1, -0.05) is 11.6 Å². The number of ether oxygens (including phenoxy) is 1. The van der Waals surface area contributed by atoms with E-state index < -0.39 is 17.7 Å². The van der Waals surface area contributed by atoms with Crippen molar-refractivity contribution in [1.82, 2.24) is 0 Å². The third-order valence-corrected chi connectivity index (χ3v) is 3.53. The Kier molecular flexibility index (Phi) is 4.62. The van der Waals surface area contributed by atoms with Crippen LogP contribution in [-0.2, 0) is 0 Å². The maximum absolute atomic E-state index is 13.4. The molecule has 0 saturated carbocycles. The van der Waals surface area contributed by atoms with E-state index in [0.717, 1.165) is 6.07 Å². The topological polar surface area (TPSA) is 29.5 Å². The van der Waals surface area contributed by atoms with Crippen LogP contribution >= 0.6 is 27.5 Å². The highest BCUT2D eigenvalue weighted by molar-refractivity contribution is 9.10. The van der Waals surface area contributed by atoms with E-state index in [-0.39, 0.29) is 22.1 Å². The van der Waals surface area contributed by atoms with Crippen LogP contribution < -0.4 is 4.74 Å². The van der Waals surface area contributed by atoms with Crippen molar-refractivity contribution in [3.63, 3.8) is 0 Å². The van der Waals surface area contributed by atoms with E-state index in [1.807, 2.05) is 0 Å². The molecule has 0 spiro atoms. The largest absolute Gasteiger partial charge is 0.456 e. The molecule has 0 aliphatic heterocycles. The van der Waals surface area contributed by atoms with Gasteiger partial charge in [-0.15, -0.1) is 0 Å². The highest BCUT2D eigenvalue weighted by atomic mass is 79.9. The molecule has 0 aliphatic carbocycles. The highest BCUT2D eigenvalue weighted by Crippen LogP contribution is 2.36. The van der Waals surface area contributed by atoms with E-state index in [1.165, 1.54) is 31.2 Å². The van der Waals surface area contributed by atoms with Crippen LogP contribution in [-0.4, -0.2) is 5.11 Å². The van der Waals surface area contributed by atoms with Gasteiger partial charge in [0.25, 0.3) is 0 Å². The Labute approximate surface area is 128 Å². The molecule has 2 aromatic carbocycles. The summed E-state index contributed by atoms with van der Waals surface area (Å²) in [5.74, 6) is -0.704. The molecule has 0 saturated heterocycles. The van der Waals surface area contributed by atoms with Gasteiger partial charge in [0, 0.05) is 11.6 Å². The average molecular weight is 364 g/mol. The molecule has 2 aromatic rings. The van der Waals surface area contributed by atoms with E-state index in [2.05, 4.69) is 15.9 Å². The summed E-state index contributed by atoms with van der Waals surface area (Å²) in [6, 6.07) is 6.21. The Balaban J connectivity index is 2.42. The molecule has 1 atom stereocenters. The first kappa shape index (κ1) is 15.2. The maximum Gasteiger partial charge on any atom is 0.145 e. The van der Waals surface area contributed by atoms with Crippen molar-refractivity contribution in [1.29, 1.82) is 0 Å². The summed E-state index contributed by atoms with van der Waals surface area (Å²) >= 11 is 8.84. The van der Waals surface area contributed by atoms with E-state index in [9.17, 15) is 13.9 Å². The fourth-order valence-corrected chi connectivity index (χ4v) is 2.36. The average Bonchev–Trinajstić information content (AvgIpc) is 2.37. The smallest absolute Gasteiger partial charge is 0.145 e. The van der Waals surface area contributed by atoms with E-state index >= 15 is 0 Å². The van der Waals surface area contributed by atoms with Gasteiger partial charge in [-0.25, -0.2) is 8.78 Å². The first-order valence-electron chi connectivity index (χ1n) is 5.68. The summed E-state index contributed by atoms with van der Waals surface area (Å²) in [6.45, 7) is 1.49. The Bertz CT molecular complexity index is 647. The predicted molar refractivity (Wildman–Crippen MR) is 76.2 cm³/mol. The van der Waals surface area contributed by atoms with E-state index in [0.29, 0.717) is 4.47 Å². The van der Waals surface area contributed by atoms with Crippen LogP contribution in [0.15, 0.2) is 34.8 Å². The Morgan fingerprint density at radius 3 is 2.55 bits per heavy atom. The summed E-state index contributed by atoms with van der Waals surface area (Å²) < 4.78 is 32.6. The van der Waals surface area contributed by atoms with Crippen molar-refractivity contribution in [3.8, 4) is 11.5 Å². The van der Waals surface area contributed by atoms with E-state index in [1.54, 1.807) is 0 Å². The maximum atomic E-state index is 13.4. The van der Waals surface area contributed by atoms with Crippen molar-refractivity contribution in [2.45, 2.75) is 13.0 Å². The molecule has 0 amide bonds. The highest BCUT2D eigenvalue weighted by Gasteiger charge is 2.14. The van der Waals surface area contributed by atoms with Gasteiger partial charge in [0.05, 0.1) is 15.6 Å². The zero-order valence-corrected chi connectivity index (χ0v) is 12.7. The number of aliphatic hydroxyl groups excluding tert-OH is 1. The molecule has 0 heterocycles. The van der Waals surface area contributed by atoms with Crippen LogP contribution in [0.1, 0.15) is 18.6 Å². The zero-order chi connectivity index (χ0) is 14.9. The molecule has 0 unspecified atom stereocenters. The molecule has 0 aliphatic rings. The third kappa shape index (κ3) is 3.29. The van der Waals surface area contributed by atoms with Crippen molar-refractivity contribution in [2.24, 2.45) is 0 Å². The third-order valence-electron chi connectivity index (χ3n) is 2.62. The summed E-state index contributed by atoms with van der Waals surface area (Å²) in [4.78, 5) is 0. The van der Waals surface area contributed by atoms with Crippen molar-refractivity contribution in [2.75, 3.05) is 0 Å². The van der Waals surface area contributed by atoms with Crippen LogP contribution in [0.4, 0.5) is 8.78 Å². The van der Waals surface area contributed by atoms with Crippen molar-refractivity contribution < 1.29 is 18.6 Å². The van der Waals surface area contributed by atoms with Gasteiger partial charge in [0.15, 0.2) is 0 Å². The molecule has 0 aromatic heterocycles. The molecule has 6 heteroatoms. The number of rotatable bonds is 3. The second kappa shape index (κ2) is 6.08. The van der Waals surface area contributed by atoms with Gasteiger partial charge in [-0.3, -0.25) is 0 Å². The first-order valence-corrected chi connectivity index (χ1v) is 6.85. The predicted octanol–water partition coefficient (Wildman–Crippen LogP) is 5.23. The lowest BCUT2D eigenvalue weighted by atomic mass is 10.1. The first-order chi connectivity index (χ1) is 9.38. The van der Waals surface area contributed by atoms with Crippen LogP contribution in [0, 0.1) is 11.6 Å². The normalized spacial score (nSPS) is 12.3. The molecule has 2 nitrogen and oxygen atoms in total. The Morgan fingerprint density at radius 1 is 1.20 bits per heavy atom.